The number of benzene rings is 1. The third-order valence-electron chi connectivity index (χ3n) is 2.20. The fraction of sp³-hybridized carbons (Fsp3) is 0.455. The minimum absolute atomic E-state index is 0.538. The van der Waals surface area contributed by atoms with Gasteiger partial charge in [-0.2, -0.15) is 0 Å². The van der Waals surface area contributed by atoms with Crippen molar-refractivity contribution in [2.24, 2.45) is 5.73 Å². The van der Waals surface area contributed by atoms with E-state index in [2.05, 4.69) is 26.0 Å². The first-order chi connectivity index (χ1) is 6.19. The highest BCUT2D eigenvalue weighted by atomic mass is 16.5. The second-order valence-electron chi connectivity index (χ2n) is 3.18. The second kappa shape index (κ2) is 4.28. The van der Waals surface area contributed by atoms with Crippen LogP contribution >= 0.6 is 0 Å². The number of hydrogen-bond donors (Lipinski definition) is 1. The Labute approximate surface area is 79.7 Å². The molecule has 0 aromatic heterocycles. The van der Waals surface area contributed by atoms with Gasteiger partial charge in [0.1, 0.15) is 5.75 Å². The van der Waals surface area contributed by atoms with E-state index in [0.29, 0.717) is 13.2 Å². The molecule has 2 heteroatoms. The Morgan fingerprint density at radius 2 is 1.85 bits per heavy atom. The second-order valence-corrected chi connectivity index (χ2v) is 3.18. The van der Waals surface area contributed by atoms with Crippen molar-refractivity contribution < 1.29 is 4.74 Å². The molecule has 0 aliphatic rings. The summed E-state index contributed by atoms with van der Waals surface area (Å²) >= 11 is 0. The van der Waals surface area contributed by atoms with Crippen LogP contribution in [0, 0.1) is 13.8 Å². The Hall–Kier alpha value is -1.02. The lowest BCUT2D eigenvalue weighted by atomic mass is 10.1. The van der Waals surface area contributed by atoms with Crippen LogP contribution in [0.2, 0.25) is 0 Å². The molecule has 0 amide bonds. The minimum Gasteiger partial charge on any atom is -0.494 e. The Morgan fingerprint density at radius 1 is 1.23 bits per heavy atom. The Morgan fingerprint density at radius 3 is 2.38 bits per heavy atom. The van der Waals surface area contributed by atoms with E-state index in [-0.39, 0.29) is 0 Å². The molecule has 1 aromatic rings. The van der Waals surface area contributed by atoms with Gasteiger partial charge >= 0.3 is 0 Å². The number of nitrogens with two attached hydrogens (primary N) is 1. The first kappa shape index (κ1) is 10.1. The van der Waals surface area contributed by atoms with E-state index in [4.69, 9.17) is 10.5 Å². The normalized spacial score (nSPS) is 10.2. The van der Waals surface area contributed by atoms with Crippen LogP contribution in [-0.2, 0) is 6.54 Å². The molecule has 1 aromatic carbocycles. The van der Waals surface area contributed by atoms with Gasteiger partial charge in [0.15, 0.2) is 0 Å². The fourth-order valence-corrected chi connectivity index (χ4v) is 1.30. The molecule has 0 aliphatic heterocycles. The molecule has 0 bridgehead atoms. The number of hydrogen-bond acceptors (Lipinski definition) is 2. The monoisotopic (exact) mass is 179 g/mol. The molecule has 0 heterocycles. The van der Waals surface area contributed by atoms with Crippen molar-refractivity contribution in [3.63, 3.8) is 0 Å². The summed E-state index contributed by atoms with van der Waals surface area (Å²) in [5.74, 6) is 0.924. The van der Waals surface area contributed by atoms with Crippen molar-refractivity contribution in [3.05, 3.63) is 28.8 Å². The van der Waals surface area contributed by atoms with Crippen LogP contribution in [0.1, 0.15) is 23.6 Å². The van der Waals surface area contributed by atoms with Crippen LogP contribution in [-0.4, -0.2) is 6.61 Å². The summed E-state index contributed by atoms with van der Waals surface area (Å²) in [6.45, 7) is 7.38. The van der Waals surface area contributed by atoms with Crippen molar-refractivity contribution >= 4 is 0 Å². The van der Waals surface area contributed by atoms with Gasteiger partial charge in [0, 0.05) is 12.1 Å². The van der Waals surface area contributed by atoms with Crippen LogP contribution in [0.25, 0.3) is 0 Å². The first-order valence-electron chi connectivity index (χ1n) is 4.62. The summed E-state index contributed by atoms with van der Waals surface area (Å²) in [7, 11) is 0. The Balaban J connectivity index is 3.09. The van der Waals surface area contributed by atoms with Gasteiger partial charge in [-0.15, -0.1) is 0 Å². The molecule has 1 rings (SSSR count). The summed E-state index contributed by atoms with van der Waals surface area (Å²) in [6.07, 6.45) is 0. The van der Waals surface area contributed by atoms with Crippen molar-refractivity contribution in [2.45, 2.75) is 27.3 Å². The number of ether oxygens (including phenoxy) is 1. The highest BCUT2D eigenvalue weighted by molar-refractivity contribution is 5.41. The van der Waals surface area contributed by atoms with Gasteiger partial charge in [0.05, 0.1) is 6.61 Å². The zero-order chi connectivity index (χ0) is 9.84. The maximum Gasteiger partial charge on any atom is 0.124 e. The van der Waals surface area contributed by atoms with Crippen LogP contribution in [0.3, 0.4) is 0 Å². The molecule has 0 unspecified atom stereocenters. The summed E-state index contributed by atoms with van der Waals surface area (Å²) in [4.78, 5) is 0. The van der Waals surface area contributed by atoms with Crippen LogP contribution < -0.4 is 10.5 Å². The Kier molecular flexibility index (Phi) is 3.32. The van der Waals surface area contributed by atoms with Gasteiger partial charge in [-0.05, 0) is 38.0 Å². The van der Waals surface area contributed by atoms with Gasteiger partial charge in [-0.1, -0.05) is 6.07 Å². The summed E-state index contributed by atoms with van der Waals surface area (Å²) in [5.41, 5.74) is 9.23. The SMILES string of the molecule is CCOc1cc(C)c(C)cc1CN. The van der Waals surface area contributed by atoms with E-state index in [9.17, 15) is 0 Å². The molecule has 0 saturated heterocycles. The fourth-order valence-electron chi connectivity index (χ4n) is 1.30. The van der Waals surface area contributed by atoms with E-state index >= 15 is 0 Å². The highest BCUT2D eigenvalue weighted by Gasteiger charge is 2.04. The van der Waals surface area contributed by atoms with Gasteiger partial charge < -0.3 is 10.5 Å². The predicted octanol–water partition coefficient (Wildman–Crippen LogP) is 2.16. The molecule has 0 saturated carbocycles. The smallest absolute Gasteiger partial charge is 0.124 e. The van der Waals surface area contributed by atoms with E-state index in [1.807, 2.05) is 6.92 Å². The molecule has 0 atom stereocenters. The average Bonchev–Trinajstić information content (AvgIpc) is 2.11. The average molecular weight is 179 g/mol. The topological polar surface area (TPSA) is 35.2 Å². The van der Waals surface area contributed by atoms with Gasteiger partial charge in [0.2, 0.25) is 0 Å². The lowest BCUT2D eigenvalue weighted by molar-refractivity contribution is 0.336. The number of aryl methyl sites for hydroxylation is 2. The van der Waals surface area contributed by atoms with Crippen molar-refractivity contribution in [1.82, 2.24) is 0 Å². The lowest BCUT2D eigenvalue weighted by Crippen LogP contribution is -2.03. The van der Waals surface area contributed by atoms with Gasteiger partial charge in [0.25, 0.3) is 0 Å². The molecule has 0 aliphatic carbocycles. The van der Waals surface area contributed by atoms with Crippen LogP contribution in [0.4, 0.5) is 0 Å². The van der Waals surface area contributed by atoms with Gasteiger partial charge in [-0.3, -0.25) is 0 Å². The minimum atomic E-state index is 0.538. The molecular formula is C11H17NO. The van der Waals surface area contributed by atoms with Crippen molar-refractivity contribution in [2.75, 3.05) is 6.61 Å². The molecule has 0 radical (unpaired) electrons. The molecule has 2 N–H and O–H groups in total. The summed E-state index contributed by atoms with van der Waals surface area (Å²) in [6, 6.07) is 4.15. The van der Waals surface area contributed by atoms with Crippen LogP contribution in [0.15, 0.2) is 12.1 Å². The van der Waals surface area contributed by atoms with E-state index in [0.717, 1.165) is 11.3 Å². The predicted molar refractivity (Wildman–Crippen MR) is 55.0 cm³/mol. The van der Waals surface area contributed by atoms with E-state index in [1.165, 1.54) is 11.1 Å². The molecule has 13 heavy (non-hydrogen) atoms. The third-order valence-corrected chi connectivity index (χ3v) is 2.20. The highest BCUT2D eigenvalue weighted by Crippen LogP contribution is 2.22. The lowest BCUT2D eigenvalue weighted by Gasteiger charge is -2.11. The van der Waals surface area contributed by atoms with E-state index < -0.39 is 0 Å². The maximum atomic E-state index is 5.62. The van der Waals surface area contributed by atoms with Crippen molar-refractivity contribution in [3.8, 4) is 5.75 Å². The zero-order valence-electron chi connectivity index (χ0n) is 8.55. The zero-order valence-corrected chi connectivity index (χ0v) is 8.55. The molecule has 72 valence electrons. The molecule has 2 nitrogen and oxygen atoms in total. The molecule has 0 fully saturated rings. The van der Waals surface area contributed by atoms with Crippen molar-refractivity contribution in [1.29, 1.82) is 0 Å². The summed E-state index contributed by atoms with van der Waals surface area (Å²) in [5, 5.41) is 0. The standard InChI is InChI=1S/C11H17NO/c1-4-13-11-6-9(3)8(2)5-10(11)7-12/h5-6H,4,7,12H2,1-3H3. The van der Waals surface area contributed by atoms with E-state index in [1.54, 1.807) is 0 Å². The maximum absolute atomic E-state index is 5.62. The van der Waals surface area contributed by atoms with Crippen LogP contribution in [0.5, 0.6) is 5.75 Å². The largest absolute Gasteiger partial charge is 0.494 e. The molecule has 0 spiro atoms. The summed E-state index contributed by atoms with van der Waals surface area (Å²) < 4.78 is 5.48. The van der Waals surface area contributed by atoms with Gasteiger partial charge in [-0.25, -0.2) is 0 Å². The quantitative estimate of drug-likeness (QED) is 0.771. The molecular weight excluding hydrogens is 162 g/mol. The Bertz CT molecular complexity index is 294. The number of rotatable bonds is 3. The third kappa shape index (κ3) is 2.22. The first-order valence-corrected chi connectivity index (χ1v) is 4.62.